The molecule has 0 N–H and O–H groups in total. The Bertz CT molecular complexity index is 830. The lowest BCUT2D eigenvalue weighted by Gasteiger charge is -2.15. The molecule has 0 unspecified atom stereocenters. The van der Waals surface area contributed by atoms with Crippen molar-refractivity contribution in [1.29, 1.82) is 0 Å². The number of ketones is 1. The molecule has 2 aromatic heterocycles. The predicted molar refractivity (Wildman–Crippen MR) is 69.5 cm³/mol. The minimum absolute atomic E-state index is 0.0200. The zero-order valence-electron chi connectivity index (χ0n) is 10.8. The number of aryl methyl sites for hydroxylation is 2. The van der Waals surface area contributed by atoms with E-state index in [9.17, 15) is 14.4 Å². The van der Waals surface area contributed by atoms with E-state index in [1.54, 1.807) is 13.1 Å². The van der Waals surface area contributed by atoms with Crippen LogP contribution in [-0.2, 0) is 20.5 Å². The monoisotopic (exact) mass is 259 g/mol. The number of nitrogens with zero attached hydrogens (tertiary/aromatic N) is 3. The van der Waals surface area contributed by atoms with Crippen LogP contribution < -0.4 is 11.2 Å². The van der Waals surface area contributed by atoms with E-state index in [1.165, 1.54) is 11.6 Å². The summed E-state index contributed by atoms with van der Waals surface area (Å²) < 4.78 is 2.37. The minimum Gasteiger partial charge on any atom is -0.294 e. The second-order valence-corrected chi connectivity index (χ2v) is 4.84. The van der Waals surface area contributed by atoms with E-state index in [2.05, 4.69) is 4.98 Å². The van der Waals surface area contributed by atoms with Gasteiger partial charge in [-0.2, -0.15) is 0 Å². The van der Waals surface area contributed by atoms with Crippen LogP contribution in [0.1, 0.15) is 28.9 Å². The molecule has 98 valence electrons. The van der Waals surface area contributed by atoms with Crippen LogP contribution in [0, 0.1) is 0 Å². The molecule has 1 aliphatic carbocycles. The first kappa shape index (κ1) is 11.8. The van der Waals surface area contributed by atoms with E-state index >= 15 is 0 Å². The van der Waals surface area contributed by atoms with E-state index in [1.807, 2.05) is 0 Å². The van der Waals surface area contributed by atoms with E-state index < -0.39 is 11.2 Å². The van der Waals surface area contributed by atoms with Crippen molar-refractivity contribution in [1.82, 2.24) is 14.1 Å². The lowest BCUT2D eigenvalue weighted by atomic mass is 9.94. The Morgan fingerprint density at radius 3 is 2.58 bits per heavy atom. The third kappa shape index (κ3) is 1.56. The van der Waals surface area contributed by atoms with Crippen LogP contribution in [0.25, 0.3) is 11.0 Å². The topological polar surface area (TPSA) is 74.0 Å². The Kier molecular flexibility index (Phi) is 2.41. The van der Waals surface area contributed by atoms with Gasteiger partial charge in [0, 0.05) is 26.1 Å². The first-order valence-electron chi connectivity index (χ1n) is 6.13. The molecule has 0 aromatic carbocycles. The largest absolute Gasteiger partial charge is 0.332 e. The number of Topliss-reactive ketones (excluding diaryl/α,β-unsaturated/α-hetero) is 1. The third-order valence-electron chi connectivity index (χ3n) is 3.63. The van der Waals surface area contributed by atoms with Crippen molar-refractivity contribution in [3.63, 3.8) is 0 Å². The first-order valence-corrected chi connectivity index (χ1v) is 6.13. The van der Waals surface area contributed by atoms with Crippen molar-refractivity contribution in [2.24, 2.45) is 14.1 Å². The van der Waals surface area contributed by atoms with E-state index in [0.717, 1.165) is 11.0 Å². The molecule has 0 atom stereocenters. The highest BCUT2D eigenvalue weighted by Gasteiger charge is 2.21. The van der Waals surface area contributed by atoms with Crippen molar-refractivity contribution < 1.29 is 4.79 Å². The molecule has 6 heteroatoms. The summed E-state index contributed by atoms with van der Waals surface area (Å²) in [7, 11) is 3.00. The molecule has 0 spiro atoms. The molecular weight excluding hydrogens is 246 g/mol. The molecular formula is C13H13N3O3. The number of carbonyl (C=O) groups is 1. The Morgan fingerprint density at radius 2 is 1.84 bits per heavy atom. The number of hydrogen-bond acceptors (Lipinski definition) is 4. The molecule has 2 heterocycles. The fourth-order valence-corrected chi connectivity index (χ4v) is 2.52. The lowest BCUT2D eigenvalue weighted by molar-refractivity contribution is 0.0972. The molecule has 2 aromatic rings. The molecule has 0 radical (unpaired) electrons. The smallest absolute Gasteiger partial charge is 0.294 e. The number of rotatable bonds is 0. The van der Waals surface area contributed by atoms with Crippen LogP contribution in [0.4, 0.5) is 0 Å². The van der Waals surface area contributed by atoms with Gasteiger partial charge < -0.3 is 0 Å². The van der Waals surface area contributed by atoms with E-state index in [0.29, 0.717) is 35.1 Å². The molecule has 0 saturated heterocycles. The van der Waals surface area contributed by atoms with Gasteiger partial charge in [0.1, 0.15) is 5.65 Å². The number of carbonyl (C=O) groups excluding carboxylic acids is 1. The molecule has 19 heavy (non-hydrogen) atoms. The van der Waals surface area contributed by atoms with Gasteiger partial charge in [0.2, 0.25) is 0 Å². The van der Waals surface area contributed by atoms with Crippen LogP contribution in [0.2, 0.25) is 0 Å². The van der Waals surface area contributed by atoms with Gasteiger partial charge in [-0.05, 0) is 18.9 Å². The van der Waals surface area contributed by atoms with Crippen molar-refractivity contribution in [3.05, 3.63) is 38.2 Å². The summed E-state index contributed by atoms with van der Waals surface area (Å²) in [6, 6.07) is 1.58. The molecule has 6 nitrogen and oxygen atoms in total. The van der Waals surface area contributed by atoms with Crippen LogP contribution in [0.3, 0.4) is 0 Å². The molecule has 0 saturated carbocycles. The average Bonchev–Trinajstić information content (AvgIpc) is 2.42. The summed E-state index contributed by atoms with van der Waals surface area (Å²) in [6.07, 6.45) is 1.97. The highest BCUT2D eigenvalue weighted by molar-refractivity contribution is 6.00. The highest BCUT2D eigenvalue weighted by atomic mass is 16.2. The van der Waals surface area contributed by atoms with Crippen molar-refractivity contribution in [2.75, 3.05) is 0 Å². The number of fused-ring (bicyclic) bond motifs is 2. The Morgan fingerprint density at radius 1 is 1.11 bits per heavy atom. The van der Waals surface area contributed by atoms with Crippen molar-refractivity contribution in [2.45, 2.75) is 19.3 Å². The predicted octanol–water partition coefficient (Wildman–Crippen LogP) is 0.151. The van der Waals surface area contributed by atoms with Crippen LogP contribution >= 0.6 is 0 Å². The number of hydrogen-bond donors (Lipinski definition) is 0. The summed E-state index contributed by atoms with van der Waals surface area (Å²) >= 11 is 0. The van der Waals surface area contributed by atoms with Gasteiger partial charge in [0.25, 0.3) is 5.56 Å². The van der Waals surface area contributed by atoms with Gasteiger partial charge in [-0.3, -0.25) is 18.7 Å². The summed E-state index contributed by atoms with van der Waals surface area (Å²) in [6.45, 7) is 0. The standard InChI is InChI=1S/C13H13N3O3/c1-15-11-8(12(18)16(2)13(15)19)6-7-9(14-11)4-3-5-10(7)17/h6H,3-5H2,1-2H3. The highest BCUT2D eigenvalue weighted by Crippen LogP contribution is 2.21. The van der Waals surface area contributed by atoms with Gasteiger partial charge in [-0.1, -0.05) is 0 Å². The summed E-state index contributed by atoms with van der Waals surface area (Å²) in [5, 5.41) is 0.318. The summed E-state index contributed by atoms with van der Waals surface area (Å²) in [5.74, 6) is 0.0200. The van der Waals surface area contributed by atoms with Gasteiger partial charge in [-0.15, -0.1) is 0 Å². The number of aromatic nitrogens is 3. The maximum Gasteiger partial charge on any atom is 0.332 e. The van der Waals surface area contributed by atoms with Gasteiger partial charge in [0.05, 0.1) is 11.1 Å². The lowest BCUT2D eigenvalue weighted by Crippen LogP contribution is -2.37. The van der Waals surface area contributed by atoms with Crippen molar-refractivity contribution in [3.8, 4) is 0 Å². The van der Waals surface area contributed by atoms with Crippen LogP contribution in [0.5, 0.6) is 0 Å². The maximum atomic E-state index is 12.1. The fraction of sp³-hybridized carbons (Fsp3) is 0.385. The summed E-state index contributed by atoms with van der Waals surface area (Å²) in [4.78, 5) is 40.2. The maximum absolute atomic E-state index is 12.1. The zero-order chi connectivity index (χ0) is 13.7. The second kappa shape index (κ2) is 3.88. The number of pyridine rings is 1. The van der Waals surface area contributed by atoms with Crippen LogP contribution in [0.15, 0.2) is 15.7 Å². The Labute approximate surface area is 108 Å². The van der Waals surface area contributed by atoms with E-state index in [4.69, 9.17) is 0 Å². The second-order valence-electron chi connectivity index (χ2n) is 4.84. The zero-order valence-corrected chi connectivity index (χ0v) is 10.8. The minimum atomic E-state index is -0.410. The van der Waals surface area contributed by atoms with Crippen molar-refractivity contribution >= 4 is 16.8 Å². The SMILES string of the molecule is Cn1c(=O)c2cc3c(nc2n(C)c1=O)CCCC3=O. The summed E-state index contributed by atoms with van der Waals surface area (Å²) in [5.41, 5.74) is 0.738. The Balaban J connectivity index is 2.51. The normalized spacial score (nSPS) is 14.7. The molecule has 0 bridgehead atoms. The average molecular weight is 259 g/mol. The van der Waals surface area contributed by atoms with Gasteiger partial charge >= 0.3 is 5.69 Å². The van der Waals surface area contributed by atoms with Gasteiger partial charge in [-0.25, -0.2) is 9.78 Å². The first-order chi connectivity index (χ1) is 9.00. The molecule has 0 amide bonds. The Hall–Kier alpha value is -2.24. The van der Waals surface area contributed by atoms with Gasteiger partial charge in [0.15, 0.2) is 5.78 Å². The molecule has 3 rings (SSSR count). The fourth-order valence-electron chi connectivity index (χ4n) is 2.52. The molecule has 0 fully saturated rings. The third-order valence-corrected chi connectivity index (χ3v) is 3.63. The van der Waals surface area contributed by atoms with E-state index in [-0.39, 0.29) is 5.78 Å². The quantitative estimate of drug-likeness (QED) is 0.675. The van der Waals surface area contributed by atoms with Crippen LogP contribution in [-0.4, -0.2) is 19.9 Å². The molecule has 0 aliphatic heterocycles. The molecule has 1 aliphatic rings.